The molecule has 0 saturated carbocycles. The molecule has 3 nitrogen and oxygen atoms in total. The fraction of sp³-hybridized carbons (Fsp3) is 0.235. The Hall–Kier alpha value is -1.94. The lowest BCUT2D eigenvalue weighted by Gasteiger charge is -2.10. The third kappa shape index (κ3) is 3.79. The van der Waals surface area contributed by atoms with Crippen molar-refractivity contribution in [2.45, 2.75) is 25.3 Å². The summed E-state index contributed by atoms with van der Waals surface area (Å²) in [4.78, 5) is 12.9. The minimum Gasteiger partial charge on any atom is -0.348 e. The molecule has 0 aliphatic rings. The molecule has 0 fully saturated rings. The largest absolute Gasteiger partial charge is 0.348 e. The summed E-state index contributed by atoms with van der Waals surface area (Å²) in [5.41, 5.74) is 2.72. The number of benzene rings is 2. The number of aryl methyl sites for hydroxylation is 1. The Kier molecular flexibility index (Phi) is 5.28. The average molecular weight is 301 g/mol. The van der Waals surface area contributed by atoms with E-state index in [2.05, 4.69) is 5.32 Å². The van der Waals surface area contributed by atoms with E-state index >= 15 is 0 Å². The van der Waals surface area contributed by atoms with Gasteiger partial charge in [-0.1, -0.05) is 43.3 Å². The molecule has 0 saturated heterocycles. The van der Waals surface area contributed by atoms with E-state index in [0.717, 1.165) is 11.1 Å². The van der Waals surface area contributed by atoms with Gasteiger partial charge in [0, 0.05) is 12.3 Å². The standard InChI is InChI=1S/C17H19NO2S/c1-3-21(20)16-11-7-6-10-15(16)17(19)18-12-14-9-5-4-8-13(14)2/h4-11H,3,12H2,1-2H3,(H,18,19)/t21-/m1/s1. The van der Waals surface area contributed by atoms with Gasteiger partial charge in [-0.3, -0.25) is 9.00 Å². The van der Waals surface area contributed by atoms with Gasteiger partial charge >= 0.3 is 0 Å². The summed E-state index contributed by atoms with van der Waals surface area (Å²) in [5, 5.41) is 2.90. The van der Waals surface area contributed by atoms with Gasteiger partial charge in [0.2, 0.25) is 0 Å². The van der Waals surface area contributed by atoms with E-state index in [1.54, 1.807) is 24.3 Å². The minimum atomic E-state index is -1.14. The number of carbonyl (C=O) groups is 1. The van der Waals surface area contributed by atoms with Gasteiger partial charge < -0.3 is 5.32 Å². The van der Waals surface area contributed by atoms with Crippen LogP contribution in [0.1, 0.15) is 28.4 Å². The SMILES string of the molecule is CC[S@@](=O)c1ccccc1C(=O)NCc1ccccc1C. The molecule has 2 aromatic carbocycles. The Morgan fingerprint density at radius 1 is 1.10 bits per heavy atom. The second-order valence-electron chi connectivity index (χ2n) is 4.74. The van der Waals surface area contributed by atoms with Gasteiger partial charge in [0.05, 0.1) is 21.3 Å². The number of nitrogens with one attached hydrogen (secondary N) is 1. The normalized spacial score (nSPS) is 11.9. The molecule has 1 N–H and O–H groups in total. The van der Waals surface area contributed by atoms with Crippen LogP contribution >= 0.6 is 0 Å². The molecule has 0 bridgehead atoms. The maximum Gasteiger partial charge on any atom is 0.252 e. The van der Waals surface area contributed by atoms with Crippen LogP contribution in [0.4, 0.5) is 0 Å². The monoisotopic (exact) mass is 301 g/mol. The van der Waals surface area contributed by atoms with Gasteiger partial charge in [-0.15, -0.1) is 0 Å². The molecule has 1 atom stereocenters. The van der Waals surface area contributed by atoms with E-state index in [0.29, 0.717) is 22.8 Å². The van der Waals surface area contributed by atoms with Crippen LogP contribution in [0.3, 0.4) is 0 Å². The summed E-state index contributed by atoms with van der Waals surface area (Å²) in [7, 11) is -1.14. The third-order valence-corrected chi connectivity index (χ3v) is 4.71. The molecule has 0 aliphatic carbocycles. The smallest absolute Gasteiger partial charge is 0.252 e. The van der Waals surface area contributed by atoms with Crippen LogP contribution in [0.5, 0.6) is 0 Å². The summed E-state index contributed by atoms with van der Waals surface area (Å²) >= 11 is 0. The van der Waals surface area contributed by atoms with Gasteiger partial charge in [0.25, 0.3) is 5.91 Å². The van der Waals surface area contributed by atoms with Crippen LogP contribution < -0.4 is 5.32 Å². The molecular formula is C17H19NO2S. The van der Waals surface area contributed by atoms with Crippen LogP contribution in [0, 0.1) is 6.92 Å². The van der Waals surface area contributed by atoms with Crippen molar-refractivity contribution in [3.8, 4) is 0 Å². The Balaban J connectivity index is 2.14. The van der Waals surface area contributed by atoms with Crippen molar-refractivity contribution in [2.75, 3.05) is 5.75 Å². The zero-order chi connectivity index (χ0) is 15.2. The summed E-state index contributed by atoms with van der Waals surface area (Å²) in [6.45, 7) is 4.33. The van der Waals surface area contributed by atoms with Crippen molar-refractivity contribution in [3.63, 3.8) is 0 Å². The van der Waals surface area contributed by atoms with E-state index in [1.807, 2.05) is 38.1 Å². The zero-order valence-corrected chi connectivity index (χ0v) is 13.1. The van der Waals surface area contributed by atoms with Crippen molar-refractivity contribution in [3.05, 3.63) is 65.2 Å². The molecule has 0 unspecified atom stereocenters. The second kappa shape index (κ2) is 7.18. The number of hydrogen-bond acceptors (Lipinski definition) is 2. The highest BCUT2D eigenvalue weighted by molar-refractivity contribution is 7.85. The Labute approximate surface area is 127 Å². The van der Waals surface area contributed by atoms with Crippen LogP contribution in [0.25, 0.3) is 0 Å². The maximum absolute atomic E-state index is 12.3. The molecule has 0 aromatic heterocycles. The highest BCUT2D eigenvalue weighted by Gasteiger charge is 2.14. The highest BCUT2D eigenvalue weighted by Crippen LogP contribution is 2.14. The molecular weight excluding hydrogens is 282 g/mol. The number of hydrogen-bond donors (Lipinski definition) is 1. The van der Waals surface area contributed by atoms with E-state index in [9.17, 15) is 9.00 Å². The lowest BCUT2D eigenvalue weighted by atomic mass is 10.1. The Morgan fingerprint density at radius 2 is 1.76 bits per heavy atom. The second-order valence-corrected chi connectivity index (χ2v) is 6.45. The fourth-order valence-electron chi connectivity index (χ4n) is 2.09. The molecule has 2 rings (SSSR count). The summed E-state index contributed by atoms with van der Waals surface area (Å²) in [6.07, 6.45) is 0. The molecule has 0 aliphatic heterocycles. The highest BCUT2D eigenvalue weighted by atomic mass is 32.2. The first kappa shape index (κ1) is 15.4. The van der Waals surface area contributed by atoms with Crippen molar-refractivity contribution >= 4 is 16.7 Å². The van der Waals surface area contributed by atoms with E-state index in [-0.39, 0.29) is 5.91 Å². The lowest BCUT2D eigenvalue weighted by molar-refractivity contribution is 0.0948. The third-order valence-electron chi connectivity index (χ3n) is 3.34. The van der Waals surface area contributed by atoms with Gasteiger partial charge in [-0.2, -0.15) is 0 Å². The Morgan fingerprint density at radius 3 is 2.48 bits per heavy atom. The lowest BCUT2D eigenvalue weighted by Crippen LogP contribution is -2.24. The Bertz CT molecular complexity index is 667. The quantitative estimate of drug-likeness (QED) is 0.922. The van der Waals surface area contributed by atoms with E-state index < -0.39 is 10.8 Å². The van der Waals surface area contributed by atoms with Crippen molar-refractivity contribution < 1.29 is 9.00 Å². The summed E-state index contributed by atoms with van der Waals surface area (Å²) in [5.74, 6) is 0.317. The van der Waals surface area contributed by atoms with Gasteiger partial charge in [0.15, 0.2) is 0 Å². The molecule has 0 spiro atoms. The number of carbonyl (C=O) groups excluding carboxylic acids is 1. The maximum atomic E-state index is 12.3. The number of amides is 1. The topological polar surface area (TPSA) is 46.2 Å². The predicted octanol–water partition coefficient (Wildman–Crippen LogP) is 3.05. The van der Waals surface area contributed by atoms with Crippen LogP contribution in [0.15, 0.2) is 53.4 Å². The number of rotatable bonds is 5. The van der Waals surface area contributed by atoms with Gasteiger partial charge in [-0.05, 0) is 30.2 Å². The van der Waals surface area contributed by atoms with E-state index in [1.165, 1.54) is 0 Å². The first-order valence-corrected chi connectivity index (χ1v) is 8.25. The molecule has 110 valence electrons. The summed E-state index contributed by atoms with van der Waals surface area (Å²) in [6, 6.07) is 15.0. The molecule has 2 aromatic rings. The molecule has 21 heavy (non-hydrogen) atoms. The first-order valence-electron chi connectivity index (χ1n) is 6.93. The average Bonchev–Trinajstić information content (AvgIpc) is 2.53. The van der Waals surface area contributed by atoms with Crippen molar-refractivity contribution in [1.82, 2.24) is 5.32 Å². The van der Waals surface area contributed by atoms with Crippen LogP contribution in [-0.2, 0) is 17.3 Å². The van der Waals surface area contributed by atoms with Crippen molar-refractivity contribution in [1.29, 1.82) is 0 Å². The van der Waals surface area contributed by atoms with Crippen molar-refractivity contribution in [2.24, 2.45) is 0 Å². The fourth-order valence-corrected chi connectivity index (χ4v) is 3.03. The van der Waals surface area contributed by atoms with Crippen LogP contribution in [0.2, 0.25) is 0 Å². The first-order chi connectivity index (χ1) is 10.1. The molecule has 0 heterocycles. The van der Waals surface area contributed by atoms with Crippen LogP contribution in [-0.4, -0.2) is 15.9 Å². The summed E-state index contributed by atoms with van der Waals surface area (Å²) < 4.78 is 12.0. The van der Waals surface area contributed by atoms with Gasteiger partial charge in [0.1, 0.15) is 0 Å². The molecule has 4 heteroatoms. The van der Waals surface area contributed by atoms with Gasteiger partial charge in [-0.25, -0.2) is 0 Å². The van der Waals surface area contributed by atoms with E-state index in [4.69, 9.17) is 0 Å². The predicted molar refractivity (Wildman–Crippen MR) is 85.7 cm³/mol. The molecule has 1 amide bonds. The minimum absolute atomic E-state index is 0.185. The molecule has 0 radical (unpaired) electrons. The zero-order valence-electron chi connectivity index (χ0n) is 12.3.